The summed E-state index contributed by atoms with van der Waals surface area (Å²) in [6.07, 6.45) is -1.46. The summed E-state index contributed by atoms with van der Waals surface area (Å²) >= 11 is 6.56. The number of imide groups is 1. The average molecular weight is 523 g/mol. The maximum atomic E-state index is 13.4. The Morgan fingerprint density at radius 1 is 1.20 bits per heavy atom. The van der Waals surface area contributed by atoms with Crippen LogP contribution >= 0.6 is 23.4 Å². The fourth-order valence-electron chi connectivity index (χ4n) is 3.62. The SMILES string of the molecule is CC(=O)NCCN1C(=O)S/C(=C\c2ccc3c(cnn3Cc3ccc(Cl)cc3C(F)(F)F)c2)C1=O. The van der Waals surface area contributed by atoms with E-state index in [0.29, 0.717) is 16.5 Å². The third-order valence-corrected chi connectivity index (χ3v) is 6.39. The van der Waals surface area contributed by atoms with Gasteiger partial charge in [-0.25, -0.2) is 0 Å². The maximum absolute atomic E-state index is 13.4. The molecule has 1 aliphatic heterocycles. The van der Waals surface area contributed by atoms with Gasteiger partial charge in [-0.15, -0.1) is 0 Å². The van der Waals surface area contributed by atoms with Crippen molar-refractivity contribution in [1.29, 1.82) is 0 Å². The van der Waals surface area contributed by atoms with Crippen LogP contribution < -0.4 is 5.32 Å². The highest BCUT2D eigenvalue weighted by molar-refractivity contribution is 8.18. The van der Waals surface area contributed by atoms with Crippen LogP contribution in [-0.4, -0.2) is 44.8 Å². The number of rotatable bonds is 6. The molecule has 7 nitrogen and oxygen atoms in total. The molecule has 12 heteroatoms. The van der Waals surface area contributed by atoms with E-state index in [0.717, 1.165) is 22.7 Å². The Labute approximate surface area is 206 Å². The van der Waals surface area contributed by atoms with Crippen molar-refractivity contribution in [3.05, 3.63) is 69.2 Å². The predicted octanol–water partition coefficient (Wildman–Crippen LogP) is 4.93. The number of fused-ring (bicyclic) bond motifs is 1. The van der Waals surface area contributed by atoms with E-state index in [4.69, 9.17) is 11.6 Å². The number of benzene rings is 2. The molecular formula is C23H18ClF3N4O3S. The molecule has 0 atom stereocenters. The second kappa shape index (κ2) is 9.74. The smallest absolute Gasteiger partial charge is 0.355 e. The summed E-state index contributed by atoms with van der Waals surface area (Å²) in [7, 11) is 0. The first-order valence-corrected chi connectivity index (χ1v) is 11.5. The molecule has 35 heavy (non-hydrogen) atoms. The van der Waals surface area contributed by atoms with Crippen LogP contribution in [0.5, 0.6) is 0 Å². The minimum Gasteiger partial charge on any atom is -0.355 e. The number of nitrogens with one attached hydrogen (secondary N) is 1. The van der Waals surface area contributed by atoms with Crippen molar-refractivity contribution in [2.24, 2.45) is 0 Å². The van der Waals surface area contributed by atoms with E-state index in [9.17, 15) is 27.6 Å². The Morgan fingerprint density at radius 3 is 2.69 bits per heavy atom. The van der Waals surface area contributed by atoms with Crippen LogP contribution in [0, 0.1) is 0 Å². The van der Waals surface area contributed by atoms with Gasteiger partial charge < -0.3 is 5.32 Å². The molecule has 3 aromatic rings. The number of thioether (sulfide) groups is 1. The fourth-order valence-corrected chi connectivity index (χ4v) is 4.66. The number of nitrogens with zero attached hydrogens (tertiary/aromatic N) is 3. The molecule has 3 amide bonds. The number of hydrogen-bond acceptors (Lipinski definition) is 5. The lowest BCUT2D eigenvalue weighted by Gasteiger charge is -2.14. The number of amides is 3. The highest BCUT2D eigenvalue weighted by Crippen LogP contribution is 2.35. The van der Waals surface area contributed by atoms with E-state index in [2.05, 4.69) is 10.4 Å². The van der Waals surface area contributed by atoms with E-state index in [-0.39, 0.29) is 41.0 Å². The van der Waals surface area contributed by atoms with Crippen LogP contribution in [0.2, 0.25) is 5.02 Å². The molecule has 182 valence electrons. The molecule has 0 radical (unpaired) electrons. The zero-order valence-corrected chi connectivity index (χ0v) is 19.8. The van der Waals surface area contributed by atoms with Gasteiger partial charge in [0, 0.05) is 30.4 Å². The van der Waals surface area contributed by atoms with E-state index in [1.807, 2.05) is 0 Å². The zero-order valence-electron chi connectivity index (χ0n) is 18.2. The monoisotopic (exact) mass is 522 g/mol. The minimum absolute atomic E-state index is 0.00410. The van der Waals surface area contributed by atoms with Crippen LogP contribution in [0.4, 0.5) is 18.0 Å². The van der Waals surface area contributed by atoms with Crippen molar-refractivity contribution in [2.75, 3.05) is 13.1 Å². The van der Waals surface area contributed by atoms with Crippen molar-refractivity contribution in [1.82, 2.24) is 20.0 Å². The molecular weight excluding hydrogens is 505 g/mol. The van der Waals surface area contributed by atoms with Crippen LogP contribution in [0.15, 0.2) is 47.5 Å². The molecule has 0 saturated carbocycles. The second-order valence-electron chi connectivity index (χ2n) is 7.74. The predicted molar refractivity (Wildman–Crippen MR) is 127 cm³/mol. The van der Waals surface area contributed by atoms with Crippen LogP contribution in [0.3, 0.4) is 0 Å². The Balaban J connectivity index is 1.55. The van der Waals surface area contributed by atoms with Gasteiger partial charge >= 0.3 is 6.18 Å². The number of alkyl halides is 3. The van der Waals surface area contributed by atoms with Crippen molar-refractivity contribution < 1.29 is 27.6 Å². The normalized spacial score (nSPS) is 15.5. The number of carbonyl (C=O) groups is 3. The molecule has 1 aromatic heterocycles. The molecule has 2 aromatic carbocycles. The quantitative estimate of drug-likeness (QED) is 0.464. The lowest BCUT2D eigenvalue weighted by Crippen LogP contribution is -2.36. The van der Waals surface area contributed by atoms with Crippen molar-refractivity contribution in [3.63, 3.8) is 0 Å². The summed E-state index contributed by atoms with van der Waals surface area (Å²) in [5, 5.41) is 6.99. The zero-order chi connectivity index (χ0) is 25.3. The molecule has 1 saturated heterocycles. The Kier molecular flexibility index (Phi) is 6.91. The standard InChI is InChI=1S/C23H18ClF3N4O3S/c1-13(32)28-6-7-30-21(33)20(35-22(30)34)9-14-2-5-19-16(8-14)11-29-31(19)12-15-3-4-17(24)10-18(15)23(25,26)27/h2-5,8-11H,6-7,12H2,1H3,(H,28,32)/b20-9-. The average Bonchev–Trinajstić information content (AvgIpc) is 3.29. The van der Waals surface area contributed by atoms with E-state index < -0.39 is 22.9 Å². The Hall–Kier alpha value is -3.31. The number of hydrogen-bond donors (Lipinski definition) is 1. The van der Waals surface area contributed by atoms with Gasteiger partial charge in [0.25, 0.3) is 11.1 Å². The lowest BCUT2D eigenvalue weighted by atomic mass is 10.1. The van der Waals surface area contributed by atoms with E-state index in [1.54, 1.807) is 24.3 Å². The second-order valence-corrected chi connectivity index (χ2v) is 9.17. The molecule has 1 fully saturated rings. The van der Waals surface area contributed by atoms with Gasteiger partial charge in [-0.05, 0) is 53.2 Å². The highest BCUT2D eigenvalue weighted by Gasteiger charge is 2.35. The molecule has 2 heterocycles. The van der Waals surface area contributed by atoms with Gasteiger partial charge in [0.2, 0.25) is 5.91 Å². The van der Waals surface area contributed by atoms with Gasteiger partial charge in [-0.2, -0.15) is 18.3 Å². The third kappa shape index (κ3) is 5.51. The lowest BCUT2D eigenvalue weighted by molar-refractivity contribution is -0.138. The molecule has 0 spiro atoms. The van der Waals surface area contributed by atoms with Gasteiger partial charge in [0.15, 0.2) is 0 Å². The van der Waals surface area contributed by atoms with Gasteiger partial charge in [-0.1, -0.05) is 23.7 Å². The summed E-state index contributed by atoms with van der Waals surface area (Å²) in [6, 6.07) is 8.74. The number of halogens is 4. The molecule has 1 N–H and O–H groups in total. The molecule has 0 aliphatic carbocycles. The third-order valence-electron chi connectivity index (χ3n) is 5.24. The van der Waals surface area contributed by atoms with Gasteiger partial charge in [-0.3, -0.25) is 24.0 Å². The summed E-state index contributed by atoms with van der Waals surface area (Å²) in [4.78, 5) is 37.1. The van der Waals surface area contributed by atoms with Crippen molar-refractivity contribution in [3.8, 4) is 0 Å². The summed E-state index contributed by atoms with van der Waals surface area (Å²) < 4.78 is 41.8. The first-order chi connectivity index (χ1) is 16.5. The molecule has 0 unspecified atom stereocenters. The summed E-state index contributed by atoms with van der Waals surface area (Å²) in [5.74, 6) is -0.712. The summed E-state index contributed by atoms with van der Waals surface area (Å²) in [6.45, 7) is 1.46. The first kappa shape index (κ1) is 24.8. The van der Waals surface area contributed by atoms with E-state index in [1.165, 1.54) is 29.9 Å². The van der Waals surface area contributed by atoms with Gasteiger partial charge in [0.05, 0.1) is 28.7 Å². The van der Waals surface area contributed by atoms with Gasteiger partial charge in [0.1, 0.15) is 0 Å². The van der Waals surface area contributed by atoms with Crippen LogP contribution in [-0.2, 0) is 22.3 Å². The fraction of sp³-hybridized carbons (Fsp3) is 0.217. The number of carbonyl (C=O) groups excluding carboxylic acids is 3. The largest absolute Gasteiger partial charge is 0.416 e. The minimum atomic E-state index is -4.55. The molecule has 0 bridgehead atoms. The topological polar surface area (TPSA) is 84.3 Å². The van der Waals surface area contributed by atoms with Crippen LogP contribution in [0.1, 0.15) is 23.6 Å². The molecule has 1 aliphatic rings. The molecule has 4 rings (SSSR count). The van der Waals surface area contributed by atoms with E-state index >= 15 is 0 Å². The maximum Gasteiger partial charge on any atom is 0.416 e. The van der Waals surface area contributed by atoms with Crippen molar-refractivity contribution >= 4 is 57.4 Å². The van der Waals surface area contributed by atoms with Crippen LogP contribution in [0.25, 0.3) is 17.0 Å². The first-order valence-electron chi connectivity index (χ1n) is 10.3. The summed E-state index contributed by atoms with van der Waals surface area (Å²) in [5.41, 5.74) is 0.448. The van der Waals surface area contributed by atoms with Crippen molar-refractivity contribution in [2.45, 2.75) is 19.6 Å². The highest BCUT2D eigenvalue weighted by atomic mass is 35.5. The number of aromatic nitrogens is 2. The Morgan fingerprint density at radius 2 is 1.97 bits per heavy atom. The Bertz CT molecular complexity index is 1370.